The van der Waals surface area contributed by atoms with Crippen LogP contribution in [0.4, 0.5) is 0 Å². The van der Waals surface area contributed by atoms with E-state index in [0.29, 0.717) is 11.5 Å². The van der Waals surface area contributed by atoms with E-state index in [1.54, 1.807) is 0 Å². The number of rotatable bonds is 6. The van der Waals surface area contributed by atoms with Gasteiger partial charge in [0.1, 0.15) is 11.9 Å². The van der Waals surface area contributed by atoms with Gasteiger partial charge in [-0.1, -0.05) is 17.7 Å². The van der Waals surface area contributed by atoms with Crippen molar-refractivity contribution in [1.29, 1.82) is 0 Å². The van der Waals surface area contributed by atoms with E-state index in [0.717, 1.165) is 25.0 Å². The zero-order chi connectivity index (χ0) is 15.0. The molecule has 114 valence electrons. The Kier molecular flexibility index (Phi) is 3.78. The zero-order valence-electron chi connectivity index (χ0n) is 12.1. The van der Waals surface area contributed by atoms with E-state index in [1.165, 1.54) is 11.1 Å². The molecule has 0 aromatic heterocycles. The van der Waals surface area contributed by atoms with Crippen molar-refractivity contribution >= 4 is 16.8 Å². The van der Waals surface area contributed by atoms with Gasteiger partial charge in [0.05, 0.1) is 12.2 Å². The highest BCUT2D eigenvalue weighted by Crippen LogP contribution is 2.49. The normalized spacial score (nSPS) is 23.2. The number of carboxylic acids is 1. The third-order valence-electron chi connectivity index (χ3n) is 4.28. The molecule has 1 saturated carbocycles. The number of aryl methyl sites for hydroxylation is 1. The van der Waals surface area contributed by atoms with E-state index in [9.17, 15) is 9.00 Å². The largest absolute Gasteiger partial charge is 0.489 e. The molecule has 3 rings (SSSR count). The van der Waals surface area contributed by atoms with Crippen LogP contribution in [0.3, 0.4) is 0 Å². The summed E-state index contributed by atoms with van der Waals surface area (Å²) in [6.45, 7) is 2.05. The molecule has 2 aliphatic rings. The van der Waals surface area contributed by atoms with Gasteiger partial charge in [-0.05, 0) is 36.8 Å². The monoisotopic (exact) mass is 308 g/mol. The minimum Gasteiger partial charge on any atom is -0.489 e. The van der Waals surface area contributed by atoms with E-state index in [4.69, 9.17) is 9.84 Å². The maximum atomic E-state index is 12.3. The molecule has 21 heavy (non-hydrogen) atoms. The van der Waals surface area contributed by atoms with Crippen LogP contribution in [0.5, 0.6) is 5.75 Å². The lowest BCUT2D eigenvalue weighted by molar-refractivity contribution is -0.138. The molecule has 0 radical (unpaired) electrons. The molecule has 0 saturated heterocycles. The lowest BCUT2D eigenvalue weighted by Crippen LogP contribution is -2.26. The zero-order valence-corrected chi connectivity index (χ0v) is 12.9. The van der Waals surface area contributed by atoms with Gasteiger partial charge in [-0.2, -0.15) is 0 Å². The van der Waals surface area contributed by atoms with Gasteiger partial charge in [0, 0.05) is 23.0 Å². The van der Waals surface area contributed by atoms with E-state index in [1.807, 2.05) is 12.1 Å². The van der Waals surface area contributed by atoms with E-state index in [-0.39, 0.29) is 17.9 Å². The summed E-state index contributed by atoms with van der Waals surface area (Å²) in [5.74, 6) is 1.10. The van der Waals surface area contributed by atoms with Gasteiger partial charge in [-0.3, -0.25) is 9.00 Å². The van der Waals surface area contributed by atoms with Crippen molar-refractivity contribution in [3.8, 4) is 5.75 Å². The van der Waals surface area contributed by atoms with Gasteiger partial charge in [-0.15, -0.1) is 0 Å². The van der Waals surface area contributed by atoms with Crippen molar-refractivity contribution in [3.05, 3.63) is 29.3 Å². The fraction of sp³-hybridized carbons (Fsp3) is 0.562. The molecule has 2 unspecified atom stereocenters. The number of hydrogen-bond acceptors (Lipinski definition) is 3. The highest BCUT2D eigenvalue weighted by atomic mass is 32.2. The van der Waals surface area contributed by atoms with Gasteiger partial charge < -0.3 is 9.84 Å². The molecule has 0 spiro atoms. The first-order valence-electron chi connectivity index (χ1n) is 7.29. The van der Waals surface area contributed by atoms with Gasteiger partial charge in [0.2, 0.25) is 0 Å². The third kappa shape index (κ3) is 3.46. The molecule has 1 aliphatic heterocycles. The molecule has 1 heterocycles. The number of carbonyl (C=O) groups is 1. The third-order valence-corrected chi connectivity index (χ3v) is 5.96. The van der Waals surface area contributed by atoms with Gasteiger partial charge >= 0.3 is 5.97 Å². The van der Waals surface area contributed by atoms with E-state index in [2.05, 4.69) is 13.0 Å². The quantitative estimate of drug-likeness (QED) is 0.876. The van der Waals surface area contributed by atoms with Crippen molar-refractivity contribution < 1.29 is 18.8 Å². The second kappa shape index (κ2) is 5.44. The molecule has 4 nitrogen and oxygen atoms in total. The Morgan fingerprint density at radius 3 is 2.90 bits per heavy atom. The predicted octanol–water partition coefficient (Wildman–Crippen LogP) is 2.30. The Labute approximate surface area is 127 Å². The number of aliphatic carboxylic acids is 1. The summed E-state index contributed by atoms with van der Waals surface area (Å²) in [7, 11) is -1.02. The van der Waals surface area contributed by atoms with Crippen LogP contribution >= 0.6 is 0 Å². The first kappa shape index (κ1) is 14.6. The summed E-state index contributed by atoms with van der Waals surface area (Å²) in [4.78, 5) is 10.8. The maximum Gasteiger partial charge on any atom is 0.303 e. The summed E-state index contributed by atoms with van der Waals surface area (Å²) < 4.78 is 18.1. The van der Waals surface area contributed by atoms with Crippen LogP contribution in [0.15, 0.2) is 18.2 Å². The SMILES string of the molecule is Cc1ccc2c(c1)CC(CS(=O)CC1(CC(=O)O)CC1)O2. The first-order valence-corrected chi connectivity index (χ1v) is 8.78. The summed E-state index contributed by atoms with van der Waals surface area (Å²) in [6, 6.07) is 6.11. The summed E-state index contributed by atoms with van der Waals surface area (Å²) in [5, 5.41) is 8.91. The van der Waals surface area contributed by atoms with Crippen LogP contribution < -0.4 is 4.74 Å². The number of ether oxygens (including phenoxy) is 1. The van der Waals surface area contributed by atoms with E-state index >= 15 is 0 Å². The van der Waals surface area contributed by atoms with Crippen molar-refractivity contribution in [3.63, 3.8) is 0 Å². The fourth-order valence-corrected chi connectivity index (χ4v) is 4.81. The summed E-state index contributed by atoms with van der Waals surface area (Å²) in [6.07, 6.45) is 2.67. The Morgan fingerprint density at radius 2 is 2.24 bits per heavy atom. The number of carboxylic acid groups (broad SMARTS) is 1. The number of benzene rings is 1. The molecule has 0 amide bonds. The second-order valence-electron chi connectivity index (χ2n) is 6.38. The lowest BCUT2D eigenvalue weighted by Gasteiger charge is -2.14. The topological polar surface area (TPSA) is 63.6 Å². The van der Waals surface area contributed by atoms with Crippen LogP contribution in [0.25, 0.3) is 0 Å². The smallest absolute Gasteiger partial charge is 0.303 e. The molecule has 5 heteroatoms. The minimum absolute atomic E-state index is 0.0386. The van der Waals surface area contributed by atoms with Gasteiger partial charge in [-0.25, -0.2) is 0 Å². The lowest BCUT2D eigenvalue weighted by atomic mass is 10.1. The molecule has 1 aromatic carbocycles. The van der Waals surface area contributed by atoms with E-state index < -0.39 is 16.8 Å². The number of hydrogen-bond donors (Lipinski definition) is 1. The van der Waals surface area contributed by atoms with Crippen LogP contribution in [-0.4, -0.2) is 32.9 Å². The van der Waals surface area contributed by atoms with Crippen molar-refractivity contribution in [2.45, 2.75) is 38.7 Å². The average Bonchev–Trinajstić information content (AvgIpc) is 2.98. The average molecular weight is 308 g/mol. The minimum atomic E-state index is -1.02. The van der Waals surface area contributed by atoms with Crippen molar-refractivity contribution in [2.24, 2.45) is 5.41 Å². The Hall–Kier alpha value is -1.36. The molecule has 1 fully saturated rings. The second-order valence-corrected chi connectivity index (χ2v) is 7.88. The molecule has 0 bridgehead atoms. The standard InChI is InChI=1S/C16H20O4S/c1-11-2-3-14-12(6-11)7-13(20-14)9-21(19)10-16(4-5-16)8-15(17)18/h2-3,6,13H,4-5,7-10H2,1H3,(H,17,18). The Bertz CT molecular complexity index is 592. The first-order chi connectivity index (χ1) is 9.96. The highest BCUT2D eigenvalue weighted by molar-refractivity contribution is 7.85. The maximum absolute atomic E-state index is 12.3. The van der Waals surface area contributed by atoms with Gasteiger partial charge in [0.25, 0.3) is 0 Å². The summed E-state index contributed by atoms with van der Waals surface area (Å²) in [5.41, 5.74) is 2.18. The molecule has 2 atom stereocenters. The molecular weight excluding hydrogens is 288 g/mol. The molecule has 1 N–H and O–H groups in total. The van der Waals surface area contributed by atoms with Crippen LogP contribution in [-0.2, 0) is 22.0 Å². The van der Waals surface area contributed by atoms with Gasteiger partial charge in [0.15, 0.2) is 0 Å². The summed E-state index contributed by atoms with van der Waals surface area (Å²) >= 11 is 0. The van der Waals surface area contributed by atoms with Crippen molar-refractivity contribution in [1.82, 2.24) is 0 Å². The predicted molar refractivity (Wildman–Crippen MR) is 81.1 cm³/mol. The Balaban J connectivity index is 1.54. The molecular formula is C16H20O4S. The fourth-order valence-electron chi connectivity index (χ4n) is 3.02. The highest BCUT2D eigenvalue weighted by Gasteiger charge is 2.46. The van der Waals surface area contributed by atoms with Crippen LogP contribution in [0, 0.1) is 12.3 Å². The van der Waals surface area contributed by atoms with Crippen LogP contribution in [0.2, 0.25) is 0 Å². The number of fused-ring (bicyclic) bond motifs is 1. The molecule has 1 aromatic rings. The molecule has 1 aliphatic carbocycles. The van der Waals surface area contributed by atoms with Crippen molar-refractivity contribution in [2.75, 3.05) is 11.5 Å². The van der Waals surface area contributed by atoms with Crippen LogP contribution in [0.1, 0.15) is 30.4 Å². The Morgan fingerprint density at radius 1 is 1.48 bits per heavy atom.